The highest BCUT2D eigenvalue weighted by Gasteiger charge is 2.25. The molecule has 1 aliphatic rings. The Bertz CT molecular complexity index is 1180. The zero-order chi connectivity index (χ0) is 21.5. The number of sulfonamides is 1. The summed E-state index contributed by atoms with van der Waals surface area (Å²) in [5.74, 6) is -2.96. The summed E-state index contributed by atoms with van der Waals surface area (Å²) in [6.45, 7) is 0.847. The second-order valence-corrected chi connectivity index (χ2v) is 9.33. The molecule has 0 amide bonds. The molecule has 6 nitrogen and oxygen atoms in total. The lowest BCUT2D eigenvalue weighted by Gasteiger charge is -2.15. The number of hydrogen-bond acceptors (Lipinski definition) is 4. The van der Waals surface area contributed by atoms with Gasteiger partial charge in [0.1, 0.15) is 0 Å². The number of alkyl halides is 2. The van der Waals surface area contributed by atoms with E-state index >= 15 is 0 Å². The van der Waals surface area contributed by atoms with Crippen molar-refractivity contribution in [3.63, 3.8) is 0 Å². The number of benzene rings is 2. The molecule has 0 saturated heterocycles. The van der Waals surface area contributed by atoms with Crippen LogP contribution in [0.5, 0.6) is 0 Å². The predicted octanol–water partition coefficient (Wildman–Crippen LogP) is 4.65. The van der Waals surface area contributed by atoms with Crippen LogP contribution < -0.4 is 10.0 Å². The number of rotatable bonds is 7. The lowest BCUT2D eigenvalue weighted by Crippen LogP contribution is -2.18. The molecule has 0 aliphatic heterocycles. The highest BCUT2D eigenvalue weighted by molar-refractivity contribution is 7.89. The van der Waals surface area contributed by atoms with Crippen LogP contribution in [0.15, 0.2) is 59.9 Å². The van der Waals surface area contributed by atoms with Gasteiger partial charge in [0.2, 0.25) is 10.0 Å². The number of hydrogen-bond donors (Lipinski definition) is 2. The van der Waals surface area contributed by atoms with Crippen LogP contribution in [0.1, 0.15) is 31.4 Å². The van der Waals surface area contributed by atoms with Crippen LogP contribution in [0.3, 0.4) is 0 Å². The van der Waals surface area contributed by atoms with Gasteiger partial charge < -0.3 is 9.88 Å². The zero-order valence-corrected chi connectivity index (χ0v) is 17.4. The van der Waals surface area contributed by atoms with Crippen molar-refractivity contribution in [1.29, 1.82) is 0 Å². The van der Waals surface area contributed by atoms with Gasteiger partial charge in [0, 0.05) is 41.7 Å². The molecule has 1 heterocycles. The summed E-state index contributed by atoms with van der Waals surface area (Å²) in [5.41, 5.74) is 2.11. The maximum Gasteiger partial charge on any atom is 0.270 e. The first kappa shape index (κ1) is 20.5. The molecule has 2 N–H and O–H groups in total. The van der Waals surface area contributed by atoms with Crippen molar-refractivity contribution in [2.24, 2.45) is 0 Å². The summed E-state index contributed by atoms with van der Waals surface area (Å²) in [6.07, 6.45) is 5.79. The third-order valence-corrected chi connectivity index (χ3v) is 6.48. The van der Waals surface area contributed by atoms with Crippen LogP contribution in [-0.4, -0.2) is 25.0 Å². The van der Waals surface area contributed by atoms with E-state index in [0.29, 0.717) is 28.7 Å². The SMILES string of the molecule is CNS(=O)(=O)c1ccc(Nc2cccc(C(C)(F)F)c2)c(-c2cn(C3CC3)cn2)c1. The smallest absolute Gasteiger partial charge is 0.270 e. The highest BCUT2D eigenvalue weighted by atomic mass is 32.2. The van der Waals surface area contributed by atoms with Crippen molar-refractivity contribution >= 4 is 21.4 Å². The lowest BCUT2D eigenvalue weighted by atomic mass is 10.1. The number of imidazole rings is 1. The fraction of sp³-hybridized carbons (Fsp3) is 0.286. The van der Waals surface area contributed by atoms with Crippen molar-refractivity contribution in [1.82, 2.24) is 14.3 Å². The highest BCUT2D eigenvalue weighted by Crippen LogP contribution is 2.38. The van der Waals surface area contributed by atoms with E-state index in [1.54, 1.807) is 24.5 Å². The van der Waals surface area contributed by atoms with Gasteiger partial charge >= 0.3 is 0 Å². The van der Waals surface area contributed by atoms with E-state index in [0.717, 1.165) is 19.8 Å². The van der Waals surface area contributed by atoms with Crippen LogP contribution in [0.25, 0.3) is 11.3 Å². The normalized spacial score (nSPS) is 14.7. The molecule has 1 aliphatic carbocycles. The van der Waals surface area contributed by atoms with E-state index < -0.39 is 15.9 Å². The molecule has 2 aromatic carbocycles. The molecule has 0 atom stereocenters. The summed E-state index contributed by atoms with van der Waals surface area (Å²) in [6, 6.07) is 11.0. The third-order valence-electron chi connectivity index (χ3n) is 5.06. The van der Waals surface area contributed by atoms with Gasteiger partial charge in [0.25, 0.3) is 5.92 Å². The maximum atomic E-state index is 13.7. The van der Waals surface area contributed by atoms with Crippen molar-refractivity contribution < 1.29 is 17.2 Å². The standard InChI is InChI=1S/C21H22F2N4O2S/c1-21(22,23)14-4-3-5-15(10-14)26-19-9-8-17(30(28,29)24-2)11-18(19)20-12-27(13-25-20)16-6-7-16/h3-5,8-13,16,24,26H,6-7H2,1-2H3. The van der Waals surface area contributed by atoms with E-state index in [2.05, 4.69) is 15.0 Å². The third kappa shape index (κ3) is 4.22. The van der Waals surface area contributed by atoms with Crippen molar-refractivity contribution in [2.75, 3.05) is 12.4 Å². The van der Waals surface area contributed by atoms with Crippen LogP contribution in [0.4, 0.5) is 20.2 Å². The molecular weight excluding hydrogens is 410 g/mol. The van der Waals surface area contributed by atoms with E-state index in [1.807, 2.05) is 10.8 Å². The summed E-state index contributed by atoms with van der Waals surface area (Å²) < 4.78 is 56.3. The first-order valence-corrected chi connectivity index (χ1v) is 11.0. The molecular formula is C21H22F2N4O2S. The minimum atomic E-state index is -3.65. The number of anilines is 2. The fourth-order valence-corrected chi connectivity index (χ4v) is 3.96. The Labute approximate surface area is 174 Å². The molecule has 0 radical (unpaired) electrons. The molecule has 1 aromatic heterocycles. The first-order valence-electron chi connectivity index (χ1n) is 9.54. The van der Waals surface area contributed by atoms with E-state index in [1.165, 1.54) is 31.3 Å². The van der Waals surface area contributed by atoms with E-state index in [-0.39, 0.29) is 10.5 Å². The van der Waals surface area contributed by atoms with Gasteiger partial charge in [-0.15, -0.1) is 0 Å². The quantitative estimate of drug-likeness (QED) is 0.570. The van der Waals surface area contributed by atoms with Gasteiger partial charge in [-0.2, -0.15) is 0 Å². The van der Waals surface area contributed by atoms with E-state index in [9.17, 15) is 17.2 Å². The molecule has 9 heteroatoms. The molecule has 0 spiro atoms. The number of halogens is 2. The van der Waals surface area contributed by atoms with Crippen molar-refractivity contribution in [2.45, 2.75) is 36.6 Å². The molecule has 1 saturated carbocycles. The van der Waals surface area contributed by atoms with Crippen LogP contribution in [0.2, 0.25) is 0 Å². The first-order chi connectivity index (χ1) is 14.2. The molecule has 30 heavy (non-hydrogen) atoms. The van der Waals surface area contributed by atoms with Gasteiger partial charge in [-0.3, -0.25) is 0 Å². The average Bonchev–Trinajstić information content (AvgIpc) is 3.45. The second kappa shape index (κ2) is 7.48. The average molecular weight is 432 g/mol. The van der Waals surface area contributed by atoms with Crippen LogP contribution in [0, 0.1) is 0 Å². The molecule has 158 valence electrons. The van der Waals surface area contributed by atoms with Gasteiger partial charge in [-0.05, 0) is 50.2 Å². The summed E-state index contributed by atoms with van der Waals surface area (Å²) in [4.78, 5) is 4.54. The molecule has 0 unspecified atom stereocenters. The number of aromatic nitrogens is 2. The predicted molar refractivity (Wildman–Crippen MR) is 111 cm³/mol. The van der Waals surface area contributed by atoms with Crippen LogP contribution >= 0.6 is 0 Å². The molecule has 1 fully saturated rings. The van der Waals surface area contributed by atoms with Gasteiger partial charge in [0.15, 0.2) is 0 Å². The summed E-state index contributed by atoms with van der Waals surface area (Å²) in [7, 11) is -2.31. The maximum absolute atomic E-state index is 13.7. The Hall–Kier alpha value is -2.78. The van der Waals surface area contributed by atoms with Gasteiger partial charge in [-0.25, -0.2) is 26.9 Å². The minimum Gasteiger partial charge on any atom is -0.355 e. The van der Waals surface area contributed by atoms with E-state index in [4.69, 9.17) is 0 Å². The minimum absolute atomic E-state index is 0.0976. The topological polar surface area (TPSA) is 76.0 Å². The number of nitrogens with zero attached hydrogens (tertiary/aromatic N) is 2. The van der Waals surface area contributed by atoms with Crippen molar-refractivity contribution in [3.8, 4) is 11.3 Å². The lowest BCUT2D eigenvalue weighted by molar-refractivity contribution is 0.0175. The van der Waals surface area contributed by atoms with Crippen LogP contribution in [-0.2, 0) is 15.9 Å². The fourth-order valence-electron chi connectivity index (χ4n) is 3.20. The Morgan fingerprint density at radius 1 is 1.17 bits per heavy atom. The van der Waals surface area contributed by atoms with Gasteiger partial charge in [-0.1, -0.05) is 12.1 Å². The Kier molecular flexibility index (Phi) is 5.11. The largest absolute Gasteiger partial charge is 0.355 e. The Balaban J connectivity index is 1.77. The molecule has 3 aromatic rings. The molecule has 4 rings (SSSR count). The van der Waals surface area contributed by atoms with Gasteiger partial charge in [0.05, 0.1) is 16.9 Å². The summed E-state index contributed by atoms with van der Waals surface area (Å²) in [5, 5.41) is 3.14. The second-order valence-electron chi connectivity index (χ2n) is 7.45. The Morgan fingerprint density at radius 2 is 1.93 bits per heavy atom. The number of nitrogens with one attached hydrogen (secondary N) is 2. The monoisotopic (exact) mass is 432 g/mol. The molecule has 0 bridgehead atoms. The zero-order valence-electron chi connectivity index (χ0n) is 16.6. The van der Waals surface area contributed by atoms with Crippen molar-refractivity contribution in [3.05, 3.63) is 60.6 Å². The summed E-state index contributed by atoms with van der Waals surface area (Å²) >= 11 is 0. The Morgan fingerprint density at radius 3 is 2.60 bits per heavy atom.